The van der Waals surface area contributed by atoms with E-state index in [4.69, 9.17) is 11.1 Å². The van der Waals surface area contributed by atoms with Crippen LogP contribution >= 0.6 is 0 Å². The fourth-order valence-electron chi connectivity index (χ4n) is 0.653. The molecule has 0 saturated heterocycles. The summed E-state index contributed by atoms with van der Waals surface area (Å²) < 4.78 is 0. The normalized spacial score (nSPS) is 9.30. The van der Waals surface area contributed by atoms with Gasteiger partial charge in [0, 0.05) is 19.3 Å². The molecule has 58 valence electrons. The van der Waals surface area contributed by atoms with Gasteiger partial charge in [0.25, 0.3) is 0 Å². The van der Waals surface area contributed by atoms with E-state index in [1.54, 1.807) is 0 Å². The third-order valence-electron chi connectivity index (χ3n) is 1.30. The number of carbonyl (C=O) groups excluding carboxylic acids is 1. The molecule has 0 heterocycles. The molecule has 0 spiro atoms. The molecular formula is C7H14N2O. The lowest BCUT2D eigenvalue weighted by Crippen LogP contribution is -2.09. The Bertz CT molecular complexity index is 132. The van der Waals surface area contributed by atoms with E-state index in [-0.39, 0.29) is 11.6 Å². The summed E-state index contributed by atoms with van der Waals surface area (Å²) in [7, 11) is 0. The molecule has 0 saturated carbocycles. The maximum Gasteiger partial charge on any atom is 0.132 e. The van der Waals surface area contributed by atoms with Crippen LogP contribution in [0.4, 0.5) is 0 Å². The van der Waals surface area contributed by atoms with E-state index in [1.165, 1.54) is 0 Å². The predicted molar refractivity (Wildman–Crippen MR) is 41.1 cm³/mol. The fraction of sp³-hybridized carbons (Fsp3) is 0.714. The summed E-state index contributed by atoms with van der Waals surface area (Å²) in [5, 5.41) is 6.86. The van der Waals surface area contributed by atoms with E-state index in [1.807, 2.05) is 6.92 Å². The van der Waals surface area contributed by atoms with Crippen LogP contribution in [-0.4, -0.2) is 11.6 Å². The van der Waals surface area contributed by atoms with Crippen molar-refractivity contribution in [1.29, 1.82) is 5.41 Å². The lowest BCUT2D eigenvalue weighted by atomic mass is 10.1. The van der Waals surface area contributed by atoms with Crippen LogP contribution in [0.5, 0.6) is 0 Å². The molecule has 0 atom stereocenters. The summed E-state index contributed by atoms with van der Waals surface area (Å²) in [6.07, 6.45) is 2.43. The largest absolute Gasteiger partial charge is 0.388 e. The molecule has 0 aromatic rings. The zero-order chi connectivity index (χ0) is 7.98. The Morgan fingerprint density at radius 1 is 1.50 bits per heavy atom. The monoisotopic (exact) mass is 142 g/mol. The van der Waals surface area contributed by atoms with Gasteiger partial charge in [-0.05, 0) is 6.42 Å². The second kappa shape index (κ2) is 4.97. The molecule has 0 radical (unpaired) electrons. The van der Waals surface area contributed by atoms with Gasteiger partial charge in [0.2, 0.25) is 0 Å². The Labute approximate surface area is 61.1 Å². The van der Waals surface area contributed by atoms with Crippen molar-refractivity contribution < 1.29 is 4.79 Å². The van der Waals surface area contributed by atoms with E-state index in [2.05, 4.69) is 0 Å². The van der Waals surface area contributed by atoms with Crippen LogP contribution in [0.2, 0.25) is 0 Å². The van der Waals surface area contributed by atoms with Gasteiger partial charge in [0.15, 0.2) is 0 Å². The van der Waals surface area contributed by atoms with Gasteiger partial charge in [-0.3, -0.25) is 10.2 Å². The van der Waals surface area contributed by atoms with Crippen molar-refractivity contribution in [2.45, 2.75) is 32.6 Å². The van der Waals surface area contributed by atoms with Crippen molar-refractivity contribution in [3.63, 3.8) is 0 Å². The molecule has 0 aromatic heterocycles. The van der Waals surface area contributed by atoms with Crippen LogP contribution in [0.1, 0.15) is 32.6 Å². The summed E-state index contributed by atoms with van der Waals surface area (Å²) in [6, 6.07) is 0. The van der Waals surface area contributed by atoms with E-state index >= 15 is 0 Å². The minimum Gasteiger partial charge on any atom is -0.388 e. The van der Waals surface area contributed by atoms with Gasteiger partial charge in [0.1, 0.15) is 5.78 Å². The standard InChI is InChI=1S/C7H14N2O/c1-2-6(10)4-3-5-7(8)9/h2-5H2,1H3,(H3,8,9). The van der Waals surface area contributed by atoms with Gasteiger partial charge >= 0.3 is 0 Å². The highest BCUT2D eigenvalue weighted by atomic mass is 16.1. The number of Topliss-reactive ketones (excluding diaryl/α,β-unsaturated/α-hetero) is 1. The molecule has 10 heavy (non-hydrogen) atoms. The van der Waals surface area contributed by atoms with Crippen LogP contribution in [0.25, 0.3) is 0 Å². The first-order valence-corrected chi connectivity index (χ1v) is 3.51. The minimum atomic E-state index is 0.170. The van der Waals surface area contributed by atoms with Crippen LogP contribution in [-0.2, 0) is 4.79 Å². The Hall–Kier alpha value is -0.860. The summed E-state index contributed by atoms with van der Waals surface area (Å²) >= 11 is 0. The van der Waals surface area contributed by atoms with Crippen LogP contribution in [0.3, 0.4) is 0 Å². The predicted octanol–water partition coefficient (Wildman–Crippen LogP) is 1.07. The molecule has 3 nitrogen and oxygen atoms in total. The van der Waals surface area contributed by atoms with Gasteiger partial charge < -0.3 is 5.73 Å². The summed E-state index contributed by atoms with van der Waals surface area (Å²) in [6.45, 7) is 1.84. The van der Waals surface area contributed by atoms with E-state index < -0.39 is 0 Å². The maximum absolute atomic E-state index is 10.7. The van der Waals surface area contributed by atoms with E-state index in [0.29, 0.717) is 19.3 Å². The van der Waals surface area contributed by atoms with Crippen molar-refractivity contribution in [2.24, 2.45) is 5.73 Å². The number of nitrogens with two attached hydrogens (primary N) is 1. The molecule has 0 bridgehead atoms. The van der Waals surface area contributed by atoms with Crippen molar-refractivity contribution in [3.8, 4) is 0 Å². The lowest BCUT2D eigenvalue weighted by Gasteiger charge is -1.95. The van der Waals surface area contributed by atoms with Crippen molar-refractivity contribution in [3.05, 3.63) is 0 Å². The molecule has 3 N–H and O–H groups in total. The fourth-order valence-corrected chi connectivity index (χ4v) is 0.653. The maximum atomic E-state index is 10.7. The molecule has 0 unspecified atom stereocenters. The topological polar surface area (TPSA) is 66.9 Å². The number of hydrogen-bond acceptors (Lipinski definition) is 2. The molecule has 0 aromatic carbocycles. The van der Waals surface area contributed by atoms with Crippen LogP contribution in [0, 0.1) is 5.41 Å². The first kappa shape index (κ1) is 9.14. The number of hydrogen-bond donors (Lipinski definition) is 2. The summed E-state index contributed by atoms with van der Waals surface area (Å²) in [4.78, 5) is 10.7. The first-order valence-electron chi connectivity index (χ1n) is 3.51. The average molecular weight is 142 g/mol. The second-order valence-electron chi connectivity index (χ2n) is 2.27. The number of amidine groups is 1. The third-order valence-corrected chi connectivity index (χ3v) is 1.30. The molecule has 0 aliphatic rings. The number of nitrogens with one attached hydrogen (secondary N) is 1. The highest BCUT2D eigenvalue weighted by Gasteiger charge is 1.97. The van der Waals surface area contributed by atoms with Gasteiger partial charge in [0.05, 0.1) is 5.84 Å². The molecule has 3 heteroatoms. The Morgan fingerprint density at radius 3 is 2.50 bits per heavy atom. The summed E-state index contributed by atoms with van der Waals surface area (Å²) in [5.74, 6) is 0.421. The Balaban J connectivity index is 3.20. The molecule has 0 fully saturated rings. The molecule has 0 amide bonds. The van der Waals surface area contributed by atoms with Crippen LogP contribution < -0.4 is 5.73 Å². The van der Waals surface area contributed by atoms with Crippen LogP contribution in [0.15, 0.2) is 0 Å². The Morgan fingerprint density at radius 2 is 2.10 bits per heavy atom. The third kappa shape index (κ3) is 5.28. The number of ketones is 1. The molecule has 0 aliphatic heterocycles. The average Bonchev–Trinajstić information content (AvgIpc) is 1.87. The van der Waals surface area contributed by atoms with Gasteiger partial charge in [-0.15, -0.1) is 0 Å². The number of rotatable bonds is 5. The van der Waals surface area contributed by atoms with Gasteiger partial charge in [-0.2, -0.15) is 0 Å². The first-order chi connectivity index (χ1) is 4.66. The lowest BCUT2D eigenvalue weighted by molar-refractivity contribution is -0.118. The van der Waals surface area contributed by atoms with Crippen molar-refractivity contribution >= 4 is 11.6 Å². The Kier molecular flexibility index (Phi) is 4.54. The number of carbonyl (C=O) groups is 1. The van der Waals surface area contributed by atoms with Crippen molar-refractivity contribution in [1.82, 2.24) is 0 Å². The van der Waals surface area contributed by atoms with E-state index in [0.717, 1.165) is 6.42 Å². The molecular weight excluding hydrogens is 128 g/mol. The second-order valence-corrected chi connectivity index (χ2v) is 2.27. The summed E-state index contributed by atoms with van der Waals surface area (Å²) in [5.41, 5.74) is 5.09. The zero-order valence-electron chi connectivity index (χ0n) is 6.31. The van der Waals surface area contributed by atoms with Gasteiger partial charge in [-0.25, -0.2) is 0 Å². The van der Waals surface area contributed by atoms with Crippen molar-refractivity contribution in [2.75, 3.05) is 0 Å². The SMILES string of the molecule is CCC(=O)CCCC(=N)N. The minimum absolute atomic E-state index is 0.170. The van der Waals surface area contributed by atoms with Gasteiger partial charge in [-0.1, -0.05) is 6.92 Å². The van der Waals surface area contributed by atoms with E-state index in [9.17, 15) is 4.79 Å². The highest BCUT2D eigenvalue weighted by Crippen LogP contribution is 1.97. The highest BCUT2D eigenvalue weighted by molar-refractivity contribution is 5.80. The molecule has 0 aliphatic carbocycles. The quantitative estimate of drug-likeness (QED) is 0.445. The molecule has 0 rings (SSSR count). The zero-order valence-corrected chi connectivity index (χ0v) is 6.31. The smallest absolute Gasteiger partial charge is 0.132 e.